The minimum atomic E-state index is -1.34. The first-order valence-electron chi connectivity index (χ1n) is 9.89. The number of carbonyl (C=O) groups is 5. The lowest BCUT2D eigenvalue weighted by Crippen LogP contribution is -2.57. The summed E-state index contributed by atoms with van der Waals surface area (Å²) in [5, 5.41) is 29.9. The Morgan fingerprint density at radius 1 is 1.00 bits per heavy atom. The van der Waals surface area contributed by atoms with Crippen molar-refractivity contribution in [1.82, 2.24) is 15.1 Å². The van der Waals surface area contributed by atoms with E-state index >= 15 is 0 Å². The summed E-state index contributed by atoms with van der Waals surface area (Å²) in [4.78, 5) is 62.4. The van der Waals surface area contributed by atoms with Gasteiger partial charge in [-0.2, -0.15) is 0 Å². The lowest BCUT2D eigenvalue weighted by molar-refractivity contribution is -0.152. The molecule has 30 heavy (non-hydrogen) atoms. The molecule has 0 spiro atoms. The molecule has 2 aliphatic rings. The van der Waals surface area contributed by atoms with Gasteiger partial charge in [-0.15, -0.1) is 0 Å². The second-order valence-corrected chi connectivity index (χ2v) is 7.50. The molecule has 2 aliphatic heterocycles. The minimum absolute atomic E-state index is 0.135. The van der Waals surface area contributed by atoms with Gasteiger partial charge in [0, 0.05) is 19.5 Å². The number of hydrogen-bond donors (Lipinski definition) is 5. The third-order valence-electron chi connectivity index (χ3n) is 5.45. The normalized spacial score (nSPS) is 23.1. The van der Waals surface area contributed by atoms with Crippen molar-refractivity contribution in [3.8, 4) is 0 Å². The summed E-state index contributed by atoms with van der Waals surface area (Å²) in [5.41, 5.74) is 5.63. The first-order valence-corrected chi connectivity index (χ1v) is 9.89. The van der Waals surface area contributed by atoms with E-state index in [0.29, 0.717) is 32.2 Å². The Morgan fingerprint density at radius 3 is 2.17 bits per heavy atom. The second kappa shape index (κ2) is 10.3. The molecule has 0 aromatic carbocycles. The van der Waals surface area contributed by atoms with Crippen LogP contribution in [0.1, 0.15) is 38.5 Å². The summed E-state index contributed by atoms with van der Waals surface area (Å²) in [6.07, 6.45) is 1.34. The Kier molecular flexibility index (Phi) is 8.12. The number of likely N-dealkylation sites (tertiary alicyclic amines) is 2. The molecule has 2 saturated heterocycles. The molecule has 12 heteroatoms. The first-order chi connectivity index (χ1) is 14.2. The van der Waals surface area contributed by atoms with E-state index in [4.69, 9.17) is 10.8 Å². The Labute approximate surface area is 173 Å². The van der Waals surface area contributed by atoms with Crippen LogP contribution in [0.5, 0.6) is 0 Å². The molecule has 4 unspecified atom stereocenters. The summed E-state index contributed by atoms with van der Waals surface area (Å²) >= 11 is 0. The van der Waals surface area contributed by atoms with E-state index in [-0.39, 0.29) is 19.4 Å². The van der Waals surface area contributed by atoms with E-state index in [1.165, 1.54) is 9.80 Å². The zero-order valence-corrected chi connectivity index (χ0v) is 16.5. The average molecular weight is 428 g/mol. The van der Waals surface area contributed by atoms with Crippen LogP contribution in [-0.2, 0) is 24.0 Å². The molecule has 6 N–H and O–H groups in total. The number of nitrogens with two attached hydrogens (primary N) is 1. The SMILES string of the molecule is NC(CCC(=O)O)C(=O)NC(CO)C(=O)N1CCCC1C(=O)N1CCCC1C(=O)O. The molecule has 0 aromatic rings. The number of nitrogens with one attached hydrogen (secondary N) is 1. The minimum Gasteiger partial charge on any atom is -0.481 e. The summed E-state index contributed by atoms with van der Waals surface area (Å²) in [5.74, 6) is -4.11. The number of aliphatic hydroxyl groups excluding tert-OH is 1. The van der Waals surface area contributed by atoms with E-state index in [9.17, 15) is 34.2 Å². The highest BCUT2D eigenvalue weighted by molar-refractivity contribution is 5.94. The summed E-state index contributed by atoms with van der Waals surface area (Å²) in [6.45, 7) is -0.194. The van der Waals surface area contributed by atoms with Gasteiger partial charge in [0.25, 0.3) is 0 Å². The van der Waals surface area contributed by atoms with Crippen molar-refractivity contribution < 1.29 is 39.3 Å². The molecule has 0 radical (unpaired) electrons. The van der Waals surface area contributed by atoms with Gasteiger partial charge in [-0.3, -0.25) is 19.2 Å². The van der Waals surface area contributed by atoms with E-state index in [1.54, 1.807) is 0 Å². The van der Waals surface area contributed by atoms with E-state index in [0.717, 1.165) is 0 Å². The van der Waals surface area contributed by atoms with Crippen LogP contribution in [0, 0.1) is 0 Å². The maximum Gasteiger partial charge on any atom is 0.326 e. The van der Waals surface area contributed by atoms with Crippen LogP contribution in [0.3, 0.4) is 0 Å². The van der Waals surface area contributed by atoms with Gasteiger partial charge in [-0.25, -0.2) is 4.79 Å². The topological polar surface area (TPSA) is 191 Å². The van der Waals surface area contributed by atoms with Crippen molar-refractivity contribution in [3.63, 3.8) is 0 Å². The van der Waals surface area contributed by atoms with Gasteiger partial charge in [0.05, 0.1) is 12.6 Å². The van der Waals surface area contributed by atoms with Crippen LogP contribution in [0.4, 0.5) is 0 Å². The van der Waals surface area contributed by atoms with Crippen molar-refractivity contribution in [2.24, 2.45) is 5.73 Å². The van der Waals surface area contributed by atoms with Crippen molar-refractivity contribution >= 4 is 29.7 Å². The molecule has 168 valence electrons. The van der Waals surface area contributed by atoms with Crippen LogP contribution in [0.15, 0.2) is 0 Å². The molecule has 0 bridgehead atoms. The highest BCUT2D eigenvalue weighted by Crippen LogP contribution is 2.25. The summed E-state index contributed by atoms with van der Waals surface area (Å²) in [6, 6.07) is -4.28. The second-order valence-electron chi connectivity index (χ2n) is 7.50. The molecule has 4 atom stereocenters. The Bertz CT molecular complexity index is 700. The van der Waals surface area contributed by atoms with Gasteiger partial charge in [-0.05, 0) is 32.1 Å². The Morgan fingerprint density at radius 2 is 1.60 bits per heavy atom. The van der Waals surface area contributed by atoms with E-state index in [1.807, 2.05) is 0 Å². The Balaban J connectivity index is 2.03. The molecule has 0 aromatic heterocycles. The number of aliphatic hydroxyl groups is 1. The van der Waals surface area contributed by atoms with Gasteiger partial charge in [0.1, 0.15) is 18.1 Å². The molecule has 12 nitrogen and oxygen atoms in total. The zero-order valence-electron chi connectivity index (χ0n) is 16.5. The van der Waals surface area contributed by atoms with Crippen LogP contribution in [0.25, 0.3) is 0 Å². The Hall–Kier alpha value is -2.73. The van der Waals surface area contributed by atoms with Crippen LogP contribution in [0.2, 0.25) is 0 Å². The molecule has 2 heterocycles. The van der Waals surface area contributed by atoms with Crippen LogP contribution >= 0.6 is 0 Å². The van der Waals surface area contributed by atoms with Crippen molar-refractivity contribution in [1.29, 1.82) is 0 Å². The van der Waals surface area contributed by atoms with Crippen LogP contribution in [-0.4, -0.2) is 98.6 Å². The molecular weight excluding hydrogens is 400 g/mol. The van der Waals surface area contributed by atoms with Gasteiger partial charge < -0.3 is 36.2 Å². The highest BCUT2D eigenvalue weighted by atomic mass is 16.4. The number of carboxylic acid groups (broad SMARTS) is 2. The maximum absolute atomic E-state index is 12.9. The monoisotopic (exact) mass is 428 g/mol. The summed E-state index contributed by atoms with van der Waals surface area (Å²) in [7, 11) is 0. The number of amides is 3. The molecule has 0 aliphatic carbocycles. The van der Waals surface area contributed by atoms with Gasteiger partial charge >= 0.3 is 11.9 Å². The van der Waals surface area contributed by atoms with Crippen LogP contribution < -0.4 is 11.1 Å². The average Bonchev–Trinajstić information content (AvgIpc) is 3.38. The number of rotatable bonds is 9. The van der Waals surface area contributed by atoms with Gasteiger partial charge in [-0.1, -0.05) is 0 Å². The fourth-order valence-corrected chi connectivity index (χ4v) is 3.84. The molecular formula is C18H28N4O8. The quantitative estimate of drug-likeness (QED) is 0.269. The summed E-state index contributed by atoms with van der Waals surface area (Å²) < 4.78 is 0. The van der Waals surface area contributed by atoms with Gasteiger partial charge in [0.15, 0.2) is 0 Å². The van der Waals surface area contributed by atoms with E-state index in [2.05, 4.69) is 5.32 Å². The third-order valence-corrected chi connectivity index (χ3v) is 5.45. The number of hydrogen-bond acceptors (Lipinski definition) is 7. The molecule has 0 saturated carbocycles. The number of carbonyl (C=O) groups excluding carboxylic acids is 3. The van der Waals surface area contributed by atoms with E-state index < -0.39 is 60.4 Å². The van der Waals surface area contributed by atoms with Crippen molar-refractivity contribution in [2.75, 3.05) is 19.7 Å². The zero-order chi connectivity index (χ0) is 22.4. The number of nitrogens with zero attached hydrogens (tertiary/aromatic N) is 2. The van der Waals surface area contributed by atoms with Gasteiger partial charge in [0.2, 0.25) is 17.7 Å². The van der Waals surface area contributed by atoms with Crippen molar-refractivity contribution in [3.05, 3.63) is 0 Å². The number of carboxylic acids is 2. The predicted molar refractivity (Wildman–Crippen MR) is 101 cm³/mol. The largest absolute Gasteiger partial charge is 0.481 e. The highest BCUT2D eigenvalue weighted by Gasteiger charge is 2.43. The predicted octanol–water partition coefficient (Wildman–Crippen LogP) is -2.28. The maximum atomic E-state index is 12.9. The fourth-order valence-electron chi connectivity index (χ4n) is 3.84. The smallest absolute Gasteiger partial charge is 0.326 e. The lowest BCUT2D eigenvalue weighted by atomic mass is 10.1. The standard InChI is InChI=1S/C18H28N4O8/c19-10(5-6-14(24)25)15(26)20-11(9-23)16(27)21-7-1-3-12(21)17(28)22-8-2-4-13(22)18(29)30/h10-13,23H,1-9,19H2,(H,20,26)(H,24,25)(H,29,30). The number of aliphatic carboxylic acids is 2. The van der Waals surface area contributed by atoms with Crippen molar-refractivity contribution in [2.45, 2.75) is 62.7 Å². The first kappa shape index (κ1) is 23.5. The third kappa shape index (κ3) is 5.45. The molecule has 2 fully saturated rings. The molecule has 2 rings (SSSR count). The molecule has 3 amide bonds. The lowest BCUT2D eigenvalue weighted by Gasteiger charge is -2.32. The fraction of sp³-hybridized carbons (Fsp3) is 0.722.